The van der Waals surface area contributed by atoms with Crippen molar-refractivity contribution in [2.45, 2.75) is 51.9 Å². The number of imidazole rings is 1. The van der Waals surface area contributed by atoms with E-state index in [-0.39, 0.29) is 6.10 Å². The number of benzene rings is 1. The third kappa shape index (κ3) is 3.02. The Morgan fingerprint density at radius 2 is 2.05 bits per heavy atom. The highest BCUT2D eigenvalue weighted by Gasteiger charge is 2.20. The Bertz CT molecular complexity index is 546. The summed E-state index contributed by atoms with van der Waals surface area (Å²) in [6, 6.07) is 8.13. The monoisotopic (exact) mass is 276 g/mol. The molecule has 0 saturated heterocycles. The number of aryl methyl sites for hydroxylation is 1. The Morgan fingerprint density at radius 1 is 1.30 bits per heavy atom. The lowest BCUT2D eigenvalue weighted by Crippen LogP contribution is -2.30. The summed E-state index contributed by atoms with van der Waals surface area (Å²) < 4.78 is 7.53. The van der Waals surface area contributed by atoms with Crippen LogP contribution in [-0.2, 0) is 17.7 Å². The standard InChI is InChI=1S/C16H24N2O2/c1-4-10-18-13-9-7-6-8-12(13)17-16(18)11-14(19)15(5-2)20-3/h6-9,14-15,19H,4-5,10-11H2,1-3H3. The fourth-order valence-electron chi connectivity index (χ4n) is 2.67. The van der Waals surface area contributed by atoms with Crippen molar-refractivity contribution < 1.29 is 9.84 Å². The highest BCUT2D eigenvalue weighted by atomic mass is 16.5. The minimum atomic E-state index is -0.516. The van der Waals surface area contributed by atoms with Crippen molar-refractivity contribution in [3.05, 3.63) is 30.1 Å². The molecule has 2 atom stereocenters. The molecule has 0 aliphatic heterocycles. The molecule has 0 radical (unpaired) electrons. The number of nitrogens with zero attached hydrogens (tertiary/aromatic N) is 2. The largest absolute Gasteiger partial charge is 0.390 e. The molecule has 4 heteroatoms. The number of aliphatic hydroxyl groups excluding tert-OH is 1. The second-order valence-corrected chi connectivity index (χ2v) is 5.12. The van der Waals surface area contributed by atoms with E-state index in [1.165, 1.54) is 0 Å². The lowest BCUT2D eigenvalue weighted by atomic mass is 10.1. The van der Waals surface area contributed by atoms with Crippen molar-refractivity contribution in [1.29, 1.82) is 0 Å². The smallest absolute Gasteiger partial charge is 0.112 e. The number of rotatable bonds is 7. The van der Waals surface area contributed by atoms with E-state index in [0.717, 1.165) is 36.2 Å². The number of hydrogen-bond donors (Lipinski definition) is 1. The van der Waals surface area contributed by atoms with Crippen LogP contribution in [0.4, 0.5) is 0 Å². The number of methoxy groups -OCH3 is 1. The van der Waals surface area contributed by atoms with Gasteiger partial charge in [-0.05, 0) is 25.0 Å². The molecule has 0 amide bonds. The number of ether oxygens (including phenoxy) is 1. The Hall–Kier alpha value is -1.39. The van der Waals surface area contributed by atoms with Gasteiger partial charge in [-0.3, -0.25) is 0 Å². The van der Waals surface area contributed by atoms with Gasteiger partial charge < -0.3 is 14.4 Å². The zero-order valence-corrected chi connectivity index (χ0v) is 12.5. The van der Waals surface area contributed by atoms with E-state index in [1.807, 2.05) is 25.1 Å². The second kappa shape index (κ2) is 6.86. The molecule has 0 spiro atoms. The summed E-state index contributed by atoms with van der Waals surface area (Å²) in [4.78, 5) is 4.67. The molecule has 0 saturated carbocycles. The van der Waals surface area contributed by atoms with Crippen molar-refractivity contribution in [2.75, 3.05) is 7.11 Å². The van der Waals surface area contributed by atoms with Gasteiger partial charge in [-0.15, -0.1) is 0 Å². The number of hydrogen-bond acceptors (Lipinski definition) is 3. The summed E-state index contributed by atoms with van der Waals surface area (Å²) in [5.41, 5.74) is 2.13. The predicted octanol–water partition coefficient (Wildman–Crippen LogP) is 2.77. The van der Waals surface area contributed by atoms with Crippen LogP contribution in [0.1, 0.15) is 32.5 Å². The van der Waals surface area contributed by atoms with Gasteiger partial charge in [0.25, 0.3) is 0 Å². The van der Waals surface area contributed by atoms with Crippen molar-refractivity contribution in [3.63, 3.8) is 0 Å². The van der Waals surface area contributed by atoms with Gasteiger partial charge in [0, 0.05) is 20.1 Å². The number of aromatic nitrogens is 2. The number of aliphatic hydroxyl groups is 1. The summed E-state index contributed by atoms with van der Waals surface area (Å²) in [7, 11) is 1.65. The normalized spacial score (nSPS) is 14.6. The highest BCUT2D eigenvalue weighted by molar-refractivity contribution is 5.75. The molecule has 2 aromatic rings. The molecule has 0 fully saturated rings. The van der Waals surface area contributed by atoms with Crippen LogP contribution >= 0.6 is 0 Å². The van der Waals surface area contributed by atoms with Gasteiger partial charge in [-0.25, -0.2) is 4.98 Å². The second-order valence-electron chi connectivity index (χ2n) is 5.12. The summed E-state index contributed by atoms with van der Waals surface area (Å²) >= 11 is 0. The van der Waals surface area contributed by atoms with Crippen LogP contribution in [0.25, 0.3) is 11.0 Å². The van der Waals surface area contributed by atoms with Crippen LogP contribution in [0.3, 0.4) is 0 Å². The lowest BCUT2D eigenvalue weighted by molar-refractivity contribution is -0.0140. The molecule has 0 bridgehead atoms. The van der Waals surface area contributed by atoms with Gasteiger partial charge >= 0.3 is 0 Å². The van der Waals surface area contributed by atoms with Crippen LogP contribution in [0.15, 0.2) is 24.3 Å². The Kier molecular flexibility index (Phi) is 5.15. The Morgan fingerprint density at radius 3 is 2.70 bits per heavy atom. The van der Waals surface area contributed by atoms with Crippen LogP contribution in [0, 0.1) is 0 Å². The summed E-state index contributed by atoms with van der Waals surface area (Å²) in [6.07, 6.45) is 1.72. The van der Waals surface area contributed by atoms with Gasteiger partial charge in [-0.1, -0.05) is 26.0 Å². The van der Waals surface area contributed by atoms with Crippen molar-refractivity contribution in [3.8, 4) is 0 Å². The summed E-state index contributed by atoms with van der Waals surface area (Å²) in [5.74, 6) is 0.941. The van der Waals surface area contributed by atoms with Gasteiger partial charge in [0.05, 0.1) is 23.2 Å². The SMILES string of the molecule is CCCn1c(CC(O)C(CC)OC)nc2ccccc21. The Balaban J connectivity index is 2.30. The fraction of sp³-hybridized carbons (Fsp3) is 0.562. The van der Waals surface area contributed by atoms with Crippen LogP contribution in [-0.4, -0.2) is 34.0 Å². The average molecular weight is 276 g/mol. The molecule has 2 rings (SSSR count). The Labute approximate surface area is 120 Å². The zero-order valence-electron chi connectivity index (χ0n) is 12.5. The van der Waals surface area contributed by atoms with E-state index in [2.05, 4.69) is 22.5 Å². The predicted molar refractivity (Wildman–Crippen MR) is 80.8 cm³/mol. The first-order chi connectivity index (χ1) is 9.71. The molecule has 0 aliphatic rings. The van der Waals surface area contributed by atoms with E-state index in [4.69, 9.17) is 4.74 Å². The molecule has 20 heavy (non-hydrogen) atoms. The van der Waals surface area contributed by atoms with Crippen LogP contribution < -0.4 is 0 Å². The molecule has 2 unspecified atom stereocenters. The van der Waals surface area contributed by atoms with E-state index in [0.29, 0.717) is 6.42 Å². The van der Waals surface area contributed by atoms with Gasteiger partial charge in [0.1, 0.15) is 5.82 Å². The number of para-hydroxylation sites is 2. The molecule has 1 heterocycles. The molecule has 1 aromatic carbocycles. The van der Waals surface area contributed by atoms with Crippen LogP contribution in [0.2, 0.25) is 0 Å². The first-order valence-corrected chi connectivity index (χ1v) is 7.36. The topological polar surface area (TPSA) is 47.3 Å². The van der Waals surface area contributed by atoms with E-state index in [1.54, 1.807) is 7.11 Å². The minimum Gasteiger partial charge on any atom is -0.390 e. The van der Waals surface area contributed by atoms with E-state index >= 15 is 0 Å². The van der Waals surface area contributed by atoms with E-state index < -0.39 is 6.10 Å². The molecule has 110 valence electrons. The maximum Gasteiger partial charge on any atom is 0.112 e. The van der Waals surface area contributed by atoms with Gasteiger partial charge in [0.2, 0.25) is 0 Å². The van der Waals surface area contributed by atoms with E-state index in [9.17, 15) is 5.11 Å². The lowest BCUT2D eigenvalue weighted by Gasteiger charge is -2.20. The van der Waals surface area contributed by atoms with Gasteiger partial charge in [0.15, 0.2) is 0 Å². The first kappa shape index (κ1) is 15.0. The maximum absolute atomic E-state index is 10.3. The third-order valence-corrected chi connectivity index (χ3v) is 3.71. The average Bonchev–Trinajstić information content (AvgIpc) is 2.79. The minimum absolute atomic E-state index is 0.134. The van der Waals surface area contributed by atoms with Crippen molar-refractivity contribution >= 4 is 11.0 Å². The number of fused-ring (bicyclic) bond motifs is 1. The molecule has 0 aliphatic carbocycles. The fourth-order valence-corrected chi connectivity index (χ4v) is 2.67. The maximum atomic E-state index is 10.3. The highest BCUT2D eigenvalue weighted by Crippen LogP contribution is 2.19. The first-order valence-electron chi connectivity index (χ1n) is 7.36. The zero-order chi connectivity index (χ0) is 14.5. The molecule has 4 nitrogen and oxygen atoms in total. The summed E-state index contributed by atoms with van der Waals surface area (Å²) in [5, 5.41) is 10.3. The van der Waals surface area contributed by atoms with Crippen LogP contribution in [0.5, 0.6) is 0 Å². The quantitative estimate of drug-likeness (QED) is 0.846. The molecule has 1 aromatic heterocycles. The molecular formula is C16H24N2O2. The molecule has 1 N–H and O–H groups in total. The van der Waals surface area contributed by atoms with Crippen molar-refractivity contribution in [1.82, 2.24) is 9.55 Å². The third-order valence-electron chi connectivity index (χ3n) is 3.71. The van der Waals surface area contributed by atoms with Crippen molar-refractivity contribution in [2.24, 2.45) is 0 Å². The summed E-state index contributed by atoms with van der Waals surface area (Å²) in [6.45, 7) is 5.09. The molecular weight excluding hydrogens is 252 g/mol. The van der Waals surface area contributed by atoms with Gasteiger partial charge in [-0.2, -0.15) is 0 Å².